The van der Waals surface area contributed by atoms with Crippen molar-refractivity contribution < 1.29 is 0 Å². The zero-order valence-electron chi connectivity index (χ0n) is 19.6. The van der Waals surface area contributed by atoms with Crippen LogP contribution >= 0.6 is 7.26 Å². The number of aryl methyl sites for hydroxylation is 1. The number of rotatable bonds is 13. The highest BCUT2D eigenvalue weighted by Crippen LogP contribution is 2.56. The summed E-state index contributed by atoms with van der Waals surface area (Å²) >= 11 is 0. The fraction of sp³-hybridized carbons (Fsp3) is 0.400. The lowest BCUT2D eigenvalue weighted by Gasteiger charge is -2.29. The Morgan fingerprint density at radius 1 is 0.516 bits per heavy atom. The molecule has 3 rings (SSSR count). The minimum absolute atomic E-state index is 1.20. The first kappa shape index (κ1) is 23.7. The quantitative estimate of drug-likeness (QED) is 0.192. The van der Waals surface area contributed by atoms with Gasteiger partial charge in [-0.15, -0.1) is 0 Å². The Morgan fingerprint density at radius 3 is 1.61 bits per heavy atom. The first-order valence-corrected chi connectivity index (χ1v) is 14.4. The number of unbranched alkanes of at least 4 members (excludes halogenated alkanes) is 6. The van der Waals surface area contributed by atoms with Crippen molar-refractivity contribution in [3.8, 4) is 0 Å². The van der Waals surface area contributed by atoms with Crippen molar-refractivity contribution in [3.05, 3.63) is 90.5 Å². The van der Waals surface area contributed by atoms with Crippen molar-refractivity contribution in [1.82, 2.24) is 0 Å². The van der Waals surface area contributed by atoms with E-state index < -0.39 is 7.26 Å². The molecule has 3 aromatic rings. The summed E-state index contributed by atoms with van der Waals surface area (Å²) < 4.78 is 0. The molecule has 0 bridgehead atoms. The Bertz CT molecular complexity index is 830. The van der Waals surface area contributed by atoms with Gasteiger partial charge in [-0.2, -0.15) is 0 Å². The smallest absolute Gasteiger partial charge is 0.0654 e. The minimum atomic E-state index is -1.69. The van der Waals surface area contributed by atoms with Crippen LogP contribution in [-0.4, -0.2) is 6.16 Å². The molecule has 0 N–H and O–H groups in total. The molecule has 0 saturated carbocycles. The van der Waals surface area contributed by atoms with Crippen LogP contribution in [0.2, 0.25) is 0 Å². The predicted octanol–water partition coefficient (Wildman–Crippen LogP) is 7.68. The Balaban J connectivity index is 2.11. The number of benzene rings is 3. The highest BCUT2D eigenvalue weighted by atomic mass is 31.2. The summed E-state index contributed by atoms with van der Waals surface area (Å²) in [5.41, 5.74) is 1.58. The van der Waals surface area contributed by atoms with Crippen molar-refractivity contribution in [2.75, 3.05) is 6.16 Å². The van der Waals surface area contributed by atoms with E-state index in [4.69, 9.17) is 0 Å². The van der Waals surface area contributed by atoms with Crippen LogP contribution < -0.4 is 15.9 Å². The van der Waals surface area contributed by atoms with Gasteiger partial charge in [-0.1, -0.05) is 101 Å². The van der Waals surface area contributed by atoms with E-state index in [-0.39, 0.29) is 0 Å². The van der Waals surface area contributed by atoms with Crippen molar-refractivity contribution in [1.29, 1.82) is 0 Å². The largest absolute Gasteiger partial charge is 0.112 e. The van der Waals surface area contributed by atoms with Gasteiger partial charge in [0.05, 0.1) is 6.16 Å². The molecule has 0 saturated heterocycles. The number of hydrogen-bond acceptors (Lipinski definition) is 0. The molecule has 0 nitrogen and oxygen atoms in total. The van der Waals surface area contributed by atoms with E-state index >= 15 is 0 Å². The van der Waals surface area contributed by atoms with Crippen LogP contribution in [0.3, 0.4) is 0 Å². The molecule has 0 aliphatic carbocycles. The van der Waals surface area contributed by atoms with Gasteiger partial charge in [0.1, 0.15) is 23.2 Å². The fourth-order valence-electron chi connectivity index (χ4n) is 4.78. The zero-order valence-corrected chi connectivity index (χ0v) is 20.5. The summed E-state index contributed by atoms with van der Waals surface area (Å²) in [5, 5.41) is 4.71. The standard InChI is InChI=1S/C30H40P/c1-3-5-7-11-19-27-20-16-17-25-30(27)31(26-18-8-6-4-2,28-21-12-9-13-22-28)29-23-14-10-15-24-29/h9-10,12-17,20-25H,3-8,11,18-19,26H2,1-2H3/q+1. The molecule has 1 heteroatoms. The van der Waals surface area contributed by atoms with Gasteiger partial charge in [0, 0.05) is 0 Å². The second-order valence-corrected chi connectivity index (χ2v) is 12.3. The summed E-state index contributed by atoms with van der Waals surface area (Å²) in [7, 11) is -1.69. The second-order valence-electron chi connectivity index (χ2n) is 8.70. The van der Waals surface area contributed by atoms with Crippen LogP contribution in [-0.2, 0) is 6.42 Å². The van der Waals surface area contributed by atoms with E-state index in [2.05, 4.69) is 98.8 Å². The topological polar surface area (TPSA) is 0 Å². The molecule has 0 fully saturated rings. The Morgan fingerprint density at radius 2 is 1.03 bits per heavy atom. The zero-order chi connectivity index (χ0) is 21.8. The third-order valence-electron chi connectivity index (χ3n) is 6.44. The summed E-state index contributed by atoms with van der Waals surface area (Å²) in [4.78, 5) is 0. The van der Waals surface area contributed by atoms with Crippen LogP contribution in [0.4, 0.5) is 0 Å². The molecule has 0 radical (unpaired) electrons. The minimum Gasteiger partial charge on any atom is -0.0654 e. The molecule has 0 spiro atoms. The van der Waals surface area contributed by atoms with E-state index in [1.165, 1.54) is 63.9 Å². The highest BCUT2D eigenvalue weighted by Gasteiger charge is 2.45. The van der Waals surface area contributed by atoms with E-state index in [0.717, 1.165) is 0 Å². The van der Waals surface area contributed by atoms with Crippen LogP contribution in [0, 0.1) is 0 Å². The Kier molecular flexibility index (Phi) is 9.83. The Labute approximate surface area is 191 Å². The monoisotopic (exact) mass is 431 g/mol. The van der Waals surface area contributed by atoms with E-state index in [1.54, 1.807) is 21.5 Å². The molecule has 3 aromatic carbocycles. The third-order valence-corrected chi connectivity index (χ3v) is 11.0. The molecular formula is C30H40P+. The van der Waals surface area contributed by atoms with Gasteiger partial charge in [0.15, 0.2) is 0 Å². The molecule has 0 aliphatic rings. The molecule has 31 heavy (non-hydrogen) atoms. The lowest BCUT2D eigenvalue weighted by Crippen LogP contribution is -2.35. The summed E-state index contributed by atoms with van der Waals surface area (Å²) in [6, 6.07) is 32.3. The second kappa shape index (κ2) is 12.8. The van der Waals surface area contributed by atoms with Crippen molar-refractivity contribution in [2.45, 2.75) is 71.6 Å². The first-order valence-electron chi connectivity index (χ1n) is 12.4. The van der Waals surface area contributed by atoms with Crippen LogP contribution in [0.25, 0.3) is 0 Å². The summed E-state index contributed by atoms with van der Waals surface area (Å²) in [6.07, 6.45) is 13.0. The average molecular weight is 432 g/mol. The van der Waals surface area contributed by atoms with Crippen molar-refractivity contribution >= 4 is 23.2 Å². The first-order chi connectivity index (χ1) is 15.3. The van der Waals surface area contributed by atoms with Crippen LogP contribution in [0.5, 0.6) is 0 Å². The molecule has 0 atom stereocenters. The lowest BCUT2D eigenvalue weighted by molar-refractivity contribution is 0.668. The van der Waals surface area contributed by atoms with Crippen LogP contribution in [0.1, 0.15) is 70.8 Å². The summed E-state index contributed by atoms with van der Waals surface area (Å²) in [5.74, 6) is 0. The van der Waals surface area contributed by atoms with E-state index in [0.29, 0.717) is 0 Å². The molecular weight excluding hydrogens is 391 g/mol. The summed E-state index contributed by atoms with van der Waals surface area (Å²) in [6.45, 7) is 4.61. The van der Waals surface area contributed by atoms with Gasteiger partial charge in [-0.05, 0) is 61.6 Å². The number of hydrogen-bond donors (Lipinski definition) is 0. The molecule has 0 heterocycles. The molecule has 164 valence electrons. The van der Waals surface area contributed by atoms with Gasteiger partial charge >= 0.3 is 0 Å². The lowest BCUT2D eigenvalue weighted by atomic mass is 10.1. The van der Waals surface area contributed by atoms with Crippen molar-refractivity contribution in [2.24, 2.45) is 0 Å². The molecule has 0 amide bonds. The Hall–Kier alpha value is -1.91. The maximum atomic E-state index is 2.46. The SMILES string of the molecule is CCCCCCc1ccccc1[P+](CCCCCC)(c1ccccc1)c1ccccc1. The van der Waals surface area contributed by atoms with Gasteiger partial charge < -0.3 is 0 Å². The van der Waals surface area contributed by atoms with Gasteiger partial charge in [0.25, 0.3) is 0 Å². The average Bonchev–Trinajstić information content (AvgIpc) is 2.84. The maximum Gasteiger partial charge on any atom is 0.112 e. The molecule has 0 aromatic heterocycles. The third kappa shape index (κ3) is 6.08. The molecule has 0 unspecified atom stereocenters. The van der Waals surface area contributed by atoms with E-state index in [1.807, 2.05) is 0 Å². The van der Waals surface area contributed by atoms with Crippen LogP contribution in [0.15, 0.2) is 84.9 Å². The van der Waals surface area contributed by atoms with Gasteiger partial charge in [-0.3, -0.25) is 0 Å². The van der Waals surface area contributed by atoms with Crippen molar-refractivity contribution in [3.63, 3.8) is 0 Å². The molecule has 0 aliphatic heterocycles. The van der Waals surface area contributed by atoms with Gasteiger partial charge in [-0.25, -0.2) is 0 Å². The normalized spacial score (nSPS) is 11.5. The highest BCUT2D eigenvalue weighted by molar-refractivity contribution is 7.95. The van der Waals surface area contributed by atoms with E-state index in [9.17, 15) is 0 Å². The fourth-order valence-corrected chi connectivity index (χ4v) is 9.47. The maximum absolute atomic E-state index is 2.46. The predicted molar refractivity (Wildman–Crippen MR) is 142 cm³/mol. The van der Waals surface area contributed by atoms with Gasteiger partial charge in [0.2, 0.25) is 0 Å².